The van der Waals surface area contributed by atoms with Gasteiger partial charge < -0.3 is 14.8 Å². The Hall–Kier alpha value is -2.53. The van der Waals surface area contributed by atoms with E-state index in [0.717, 1.165) is 38.2 Å². The zero-order valence-electron chi connectivity index (χ0n) is 15.7. The smallest absolute Gasteiger partial charge is 0.255 e. The van der Waals surface area contributed by atoms with E-state index < -0.39 is 0 Å². The molecule has 1 saturated carbocycles. The van der Waals surface area contributed by atoms with Gasteiger partial charge in [-0.2, -0.15) is 0 Å². The summed E-state index contributed by atoms with van der Waals surface area (Å²) in [4.78, 5) is 14.7. The zero-order chi connectivity index (χ0) is 18.6. The Morgan fingerprint density at radius 3 is 2.74 bits per heavy atom. The fourth-order valence-corrected chi connectivity index (χ4v) is 3.31. The van der Waals surface area contributed by atoms with Gasteiger partial charge in [0.25, 0.3) is 5.91 Å². The van der Waals surface area contributed by atoms with E-state index in [-0.39, 0.29) is 12.0 Å². The second-order valence-corrected chi connectivity index (χ2v) is 7.26. The third-order valence-corrected chi connectivity index (χ3v) is 4.88. The number of nitrogens with zero attached hydrogens (tertiary/aromatic N) is 1. The quantitative estimate of drug-likeness (QED) is 0.779. The minimum absolute atomic E-state index is 0.0305. The summed E-state index contributed by atoms with van der Waals surface area (Å²) in [5.74, 6) is 1.56. The average Bonchev–Trinajstić information content (AvgIpc) is 3.45. The van der Waals surface area contributed by atoms with E-state index in [0.29, 0.717) is 24.0 Å². The van der Waals surface area contributed by atoms with Crippen LogP contribution < -0.4 is 14.8 Å². The van der Waals surface area contributed by atoms with Gasteiger partial charge in [0, 0.05) is 25.7 Å². The van der Waals surface area contributed by atoms with Crippen LogP contribution in [-0.2, 0) is 6.54 Å². The molecular weight excluding hydrogens is 340 g/mol. The highest BCUT2D eigenvalue weighted by molar-refractivity contribution is 5.97. The van der Waals surface area contributed by atoms with E-state index in [2.05, 4.69) is 22.3 Å². The van der Waals surface area contributed by atoms with E-state index in [1.165, 1.54) is 5.56 Å². The van der Waals surface area contributed by atoms with Crippen molar-refractivity contribution in [3.05, 3.63) is 59.7 Å². The number of ether oxygens (including phenoxy) is 2. The first-order chi connectivity index (χ1) is 13.2. The van der Waals surface area contributed by atoms with Crippen LogP contribution >= 0.6 is 0 Å². The molecular formula is C22H26N2O3. The van der Waals surface area contributed by atoms with E-state index in [1.807, 2.05) is 43.3 Å². The maximum Gasteiger partial charge on any atom is 0.255 e. The SMILES string of the molecule is CCOc1cccc(CN2CC(Oc3ccccc3C(=O)NC3CC3)C2)c1. The van der Waals surface area contributed by atoms with Crippen molar-refractivity contribution in [3.63, 3.8) is 0 Å². The monoisotopic (exact) mass is 366 g/mol. The summed E-state index contributed by atoms with van der Waals surface area (Å²) in [5, 5.41) is 3.04. The number of benzene rings is 2. The Balaban J connectivity index is 1.30. The molecule has 1 amide bonds. The first-order valence-electron chi connectivity index (χ1n) is 9.72. The molecule has 1 heterocycles. The summed E-state index contributed by atoms with van der Waals surface area (Å²) < 4.78 is 11.7. The van der Waals surface area contributed by atoms with E-state index in [9.17, 15) is 4.79 Å². The van der Waals surface area contributed by atoms with Crippen LogP contribution in [0.4, 0.5) is 0 Å². The lowest BCUT2D eigenvalue weighted by Crippen LogP contribution is -2.53. The van der Waals surface area contributed by atoms with Crippen LogP contribution in [0.15, 0.2) is 48.5 Å². The van der Waals surface area contributed by atoms with E-state index >= 15 is 0 Å². The highest BCUT2D eigenvalue weighted by atomic mass is 16.5. The first-order valence-corrected chi connectivity index (χ1v) is 9.72. The summed E-state index contributed by atoms with van der Waals surface area (Å²) in [6.07, 6.45) is 2.28. The predicted molar refractivity (Wildman–Crippen MR) is 104 cm³/mol. The largest absolute Gasteiger partial charge is 0.494 e. The maximum absolute atomic E-state index is 12.4. The Kier molecular flexibility index (Phi) is 5.30. The predicted octanol–water partition coefficient (Wildman–Crippen LogP) is 3.24. The summed E-state index contributed by atoms with van der Waals surface area (Å²) >= 11 is 0. The third-order valence-electron chi connectivity index (χ3n) is 4.88. The second kappa shape index (κ2) is 8.01. The van der Waals surface area contributed by atoms with Crippen molar-refractivity contribution in [2.24, 2.45) is 0 Å². The number of para-hydroxylation sites is 1. The molecule has 27 heavy (non-hydrogen) atoms. The summed E-state index contributed by atoms with van der Waals surface area (Å²) in [6.45, 7) is 5.27. The highest BCUT2D eigenvalue weighted by Crippen LogP contribution is 2.26. The Morgan fingerprint density at radius 2 is 1.96 bits per heavy atom. The van der Waals surface area contributed by atoms with Gasteiger partial charge in [0.15, 0.2) is 0 Å². The van der Waals surface area contributed by atoms with Crippen molar-refractivity contribution in [1.29, 1.82) is 0 Å². The van der Waals surface area contributed by atoms with Gasteiger partial charge in [-0.3, -0.25) is 9.69 Å². The van der Waals surface area contributed by atoms with E-state index in [1.54, 1.807) is 0 Å². The van der Waals surface area contributed by atoms with Crippen LogP contribution in [0.2, 0.25) is 0 Å². The molecule has 0 spiro atoms. The minimum atomic E-state index is -0.0305. The van der Waals surface area contributed by atoms with Crippen molar-refractivity contribution < 1.29 is 14.3 Å². The molecule has 5 heteroatoms. The molecule has 1 N–H and O–H groups in total. The second-order valence-electron chi connectivity index (χ2n) is 7.26. The van der Waals surface area contributed by atoms with Crippen LogP contribution in [0.5, 0.6) is 11.5 Å². The normalized spacial score (nSPS) is 17.2. The third kappa shape index (κ3) is 4.61. The topological polar surface area (TPSA) is 50.8 Å². The van der Waals surface area contributed by atoms with Crippen molar-refractivity contribution in [2.75, 3.05) is 19.7 Å². The van der Waals surface area contributed by atoms with Gasteiger partial charge >= 0.3 is 0 Å². The molecule has 1 aliphatic heterocycles. The average molecular weight is 366 g/mol. The molecule has 2 fully saturated rings. The lowest BCUT2D eigenvalue weighted by Gasteiger charge is -2.39. The molecule has 0 bridgehead atoms. The fraction of sp³-hybridized carbons (Fsp3) is 0.409. The standard InChI is InChI=1S/C22H26N2O3/c1-2-26-18-7-5-6-16(12-18)13-24-14-19(15-24)27-21-9-4-3-8-20(21)22(25)23-17-10-11-17/h3-9,12,17,19H,2,10-11,13-15H2,1H3,(H,23,25). The number of carbonyl (C=O) groups excluding carboxylic acids is 1. The number of hydrogen-bond donors (Lipinski definition) is 1. The number of likely N-dealkylation sites (tertiary alicyclic amines) is 1. The molecule has 5 nitrogen and oxygen atoms in total. The van der Waals surface area contributed by atoms with Crippen LogP contribution in [0.25, 0.3) is 0 Å². The van der Waals surface area contributed by atoms with Crippen LogP contribution in [-0.4, -0.2) is 42.6 Å². The Bertz CT molecular complexity index is 798. The molecule has 0 atom stereocenters. The van der Waals surface area contributed by atoms with Crippen LogP contribution in [0.3, 0.4) is 0 Å². The molecule has 2 aliphatic rings. The molecule has 4 rings (SSSR count). The highest BCUT2D eigenvalue weighted by Gasteiger charge is 2.30. The molecule has 1 aliphatic carbocycles. The van der Waals surface area contributed by atoms with Gasteiger partial charge in [-0.25, -0.2) is 0 Å². The number of rotatable bonds is 8. The number of hydrogen-bond acceptors (Lipinski definition) is 4. The van der Waals surface area contributed by atoms with Crippen molar-refractivity contribution in [2.45, 2.75) is 38.5 Å². The Labute approximate surface area is 160 Å². The van der Waals surface area contributed by atoms with Crippen LogP contribution in [0.1, 0.15) is 35.7 Å². The summed E-state index contributed by atoms with van der Waals surface area (Å²) in [5.41, 5.74) is 1.87. The molecule has 1 saturated heterocycles. The molecule has 2 aromatic rings. The van der Waals surface area contributed by atoms with Gasteiger partial charge in [-0.1, -0.05) is 24.3 Å². The van der Waals surface area contributed by atoms with Crippen molar-refractivity contribution in [3.8, 4) is 11.5 Å². The molecule has 0 unspecified atom stereocenters. The number of nitrogens with one attached hydrogen (secondary N) is 1. The van der Waals surface area contributed by atoms with Gasteiger partial charge in [0.2, 0.25) is 0 Å². The van der Waals surface area contributed by atoms with Crippen molar-refractivity contribution in [1.82, 2.24) is 10.2 Å². The molecule has 0 radical (unpaired) electrons. The fourth-order valence-electron chi connectivity index (χ4n) is 3.31. The first kappa shape index (κ1) is 17.9. The summed E-state index contributed by atoms with van der Waals surface area (Å²) in [7, 11) is 0. The van der Waals surface area contributed by atoms with Gasteiger partial charge in [-0.05, 0) is 49.6 Å². The molecule has 0 aromatic heterocycles. The minimum Gasteiger partial charge on any atom is -0.494 e. The van der Waals surface area contributed by atoms with Crippen molar-refractivity contribution >= 4 is 5.91 Å². The Morgan fingerprint density at radius 1 is 1.15 bits per heavy atom. The maximum atomic E-state index is 12.4. The molecule has 142 valence electrons. The zero-order valence-corrected chi connectivity index (χ0v) is 15.7. The lowest BCUT2D eigenvalue weighted by atomic mass is 10.1. The summed E-state index contributed by atoms with van der Waals surface area (Å²) in [6, 6.07) is 16.1. The molecule has 2 aromatic carbocycles. The number of amides is 1. The van der Waals surface area contributed by atoms with Gasteiger partial charge in [-0.15, -0.1) is 0 Å². The lowest BCUT2D eigenvalue weighted by molar-refractivity contribution is 0.0140. The number of carbonyl (C=O) groups is 1. The van der Waals surface area contributed by atoms with Gasteiger partial charge in [0.1, 0.15) is 17.6 Å². The van der Waals surface area contributed by atoms with Gasteiger partial charge in [0.05, 0.1) is 12.2 Å². The van der Waals surface area contributed by atoms with E-state index in [4.69, 9.17) is 9.47 Å². The van der Waals surface area contributed by atoms with Crippen LogP contribution in [0, 0.1) is 0 Å².